The van der Waals surface area contributed by atoms with Crippen molar-refractivity contribution in [1.82, 2.24) is 4.98 Å². The molecule has 0 aliphatic rings. The van der Waals surface area contributed by atoms with Crippen molar-refractivity contribution in [2.24, 2.45) is 0 Å². The first-order valence-electron chi connectivity index (χ1n) is 6.86. The molecule has 2 aromatic carbocycles. The van der Waals surface area contributed by atoms with Crippen molar-refractivity contribution in [2.75, 3.05) is 5.32 Å². The molecule has 1 heterocycles. The van der Waals surface area contributed by atoms with Crippen LogP contribution in [-0.4, -0.2) is 4.98 Å². The number of hydrogen-bond acceptors (Lipinski definition) is 3. The van der Waals surface area contributed by atoms with Crippen LogP contribution in [0.5, 0.6) is 11.5 Å². The summed E-state index contributed by atoms with van der Waals surface area (Å²) in [4.78, 5) is 4.12. The second-order valence-electron chi connectivity index (χ2n) is 4.63. The highest BCUT2D eigenvalue weighted by Gasteiger charge is 2.04. The van der Waals surface area contributed by atoms with Gasteiger partial charge in [0.1, 0.15) is 5.75 Å². The monoisotopic (exact) mass is 276 g/mol. The van der Waals surface area contributed by atoms with E-state index in [0.29, 0.717) is 6.54 Å². The van der Waals surface area contributed by atoms with Crippen molar-refractivity contribution in [3.63, 3.8) is 0 Å². The van der Waals surface area contributed by atoms with Crippen LogP contribution < -0.4 is 10.1 Å². The Morgan fingerprint density at radius 2 is 1.67 bits per heavy atom. The standard InChI is InChI=1S/C18H16N2O/c1-2-8-16(9-3-1)21-18-11-5-4-10-17(18)20-14-15-7-6-12-19-13-15/h1-13,20H,14H2. The van der Waals surface area contributed by atoms with Crippen molar-refractivity contribution >= 4 is 5.69 Å². The van der Waals surface area contributed by atoms with Crippen molar-refractivity contribution in [1.29, 1.82) is 0 Å². The minimum absolute atomic E-state index is 0.711. The van der Waals surface area contributed by atoms with E-state index in [9.17, 15) is 0 Å². The molecular weight excluding hydrogens is 260 g/mol. The molecule has 3 heteroatoms. The number of hydrogen-bond donors (Lipinski definition) is 1. The van der Waals surface area contributed by atoms with Gasteiger partial charge in [0.2, 0.25) is 0 Å². The molecule has 0 bridgehead atoms. The molecule has 0 spiro atoms. The number of nitrogens with one attached hydrogen (secondary N) is 1. The number of nitrogens with zero attached hydrogens (tertiary/aromatic N) is 1. The van der Waals surface area contributed by atoms with Gasteiger partial charge in [-0.1, -0.05) is 36.4 Å². The minimum atomic E-state index is 0.711. The lowest BCUT2D eigenvalue weighted by Gasteiger charge is -2.12. The van der Waals surface area contributed by atoms with E-state index in [1.54, 1.807) is 6.20 Å². The normalized spacial score (nSPS) is 10.1. The molecule has 1 aromatic heterocycles. The summed E-state index contributed by atoms with van der Waals surface area (Å²) in [6, 6.07) is 21.7. The van der Waals surface area contributed by atoms with Crippen LogP contribution >= 0.6 is 0 Å². The van der Waals surface area contributed by atoms with Crippen molar-refractivity contribution in [3.05, 3.63) is 84.7 Å². The van der Waals surface area contributed by atoms with Gasteiger partial charge in [-0.2, -0.15) is 0 Å². The molecule has 0 unspecified atom stereocenters. The zero-order valence-electron chi connectivity index (χ0n) is 11.6. The fraction of sp³-hybridized carbons (Fsp3) is 0.0556. The predicted octanol–water partition coefficient (Wildman–Crippen LogP) is 4.49. The quantitative estimate of drug-likeness (QED) is 0.745. The number of ether oxygens (including phenoxy) is 1. The van der Waals surface area contributed by atoms with E-state index in [1.807, 2.05) is 72.9 Å². The zero-order valence-corrected chi connectivity index (χ0v) is 11.6. The molecular formula is C18H16N2O. The molecule has 0 amide bonds. The molecule has 0 fully saturated rings. The molecule has 104 valence electrons. The first-order valence-corrected chi connectivity index (χ1v) is 6.86. The number of para-hydroxylation sites is 3. The smallest absolute Gasteiger partial charge is 0.150 e. The molecule has 0 saturated carbocycles. The van der Waals surface area contributed by atoms with Gasteiger partial charge in [-0.25, -0.2) is 0 Å². The fourth-order valence-electron chi connectivity index (χ4n) is 2.02. The third kappa shape index (κ3) is 3.60. The highest BCUT2D eigenvalue weighted by atomic mass is 16.5. The van der Waals surface area contributed by atoms with E-state index >= 15 is 0 Å². The van der Waals surface area contributed by atoms with Gasteiger partial charge in [0.05, 0.1) is 5.69 Å². The topological polar surface area (TPSA) is 34.1 Å². The lowest BCUT2D eigenvalue weighted by molar-refractivity contribution is 0.484. The van der Waals surface area contributed by atoms with Crippen LogP contribution in [0.3, 0.4) is 0 Å². The Kier molecular flexibility index (Phi) is 4.12. The van der Waals surface area contributed by atoms with Crippen LogP contribution in [0, 0.1) is 0 Å². The molecule has 3 nitrogen and oxygen atoms in total. The van der Waals surface area contributed by atoms with Gasteiger partial charge in [0.15, 0.2) is 5.75 Å². The summed E-state index contributed by atoms with van der Waals surface area (Å²) >= 11 is 0. The first-order chi connectivity index (χ1) is 10.4. The largest absolute Gasteiger partial charge is 0.455 e. The third-order valence-electron chi connectivity index (χ3n) is 3.06. The van der Waals surface area contributed by atoms with Crippen LogP contribution in [-0.2, 0) is 6.54 Å². The minimum Gasteiger partial charge on any atom is -0.455 e. The molecule has 3 rings (SSSR count). The summed E-state index contributed by atoms with van der Waals surface area (Å²) < 4.78 is 5.92. The van der Waals surface area contributed by atoms with Gasteiger partial charge in [0, 0.05) is 18.9 Å². The molecule has 0 saturated heterocycles. The second kappa shape index (κ2) is 6.57. The van der Waals surface area contributed by atoms with E-state index in [4.69, 9.17) is 4.74 Å². The van der Waals surface area contributed by atoms with E-state index in [1.165, 1.54) is 0 Å². The first kappa shape index (κ1) is 13.2. The molecule has 0 aliphatic heterocycles. The molecule has 1 N–H and O–H groups in total. The average Bonchev–Trinajstić information content (AvgIpc) is 2.56. The summed E-state index contributed by atoms with van der Waals surface area (Å²) in [6.07, 6.45) is 3.63. The van der Waals surface area contributed by atoms with Gasteiger partial charge in [-0.05, 0) is 35.9 Å². The van der Waals surface area contributed by atoms with E-state index < -0.39 is 0 Å². The Morgan fingerprint density at radius 1 is 0.857 bits per heavy atom. The van der Waals surface area contributed by atoms with Gasteiger partial charge in [-0.15, -0.1) is 0 Å². The lowest BCUT2D eigenvalue weighted by Crippen LogP contribution is -2.01. The van der Waals surface area contributed by atoms with Crippen LogP contribution in [0.2, 0.25) is 0 Å². The van der Waals surface area contributed by atoms with Gasteiger partial charge in [-0.3, -0.25) is 4.98 Å². The molecule has 0 radical (unpaired) electrons. The van der Waals surface area contributed by atoms with Gasteiger partial charge >= 0.3 is 0 Å². The van der Waals surface area contributed by atoms with E-state index in [-0.39, 0.29) is 0 Å². The number of aromatic nitrogens is 1. The summed E-state index contributed by atoms with van der Waals surface area (Å²) in [5, 5.41) is 3.38. The molecule has 0 atom stereocenters. The van der Waals surface area contributed by atoms with E-state index in [0.717, 1.165) is 22.7 Å². The summed E-state index contributed by atoms with van der Waals surface area (Å²) in [7, 11) is 0. The Morgan fingerprint density at radius 3 is 2.48 bits per heavy atom. The second-order valence-corrected chi connectivity index (χ2v) is 4.63. The van der Waals surface area contributed by atoms with Crippen molar-refractivity contribution < 1.29 is 4.74 Å². The Labute approximate surface area is 124 Å². The maximum Gasteiger partial charge on any atom is 0.150 e. The molecule has 0 aliphatic carbocycles. The van der Waals surface area contributed by atoms with Crippen LogP contribution in [0.25, 0.3) is 0 Å². The third-order valence-corrected chi connectivity index (χ3v) is 3.06. The number of rotatable bonds is 5. The lowest BCUT2D eigenvalue weighted by atomic mass is 10.2. The summed E-state index contributed by atoms with van der Waals surface area (Å²) in [5.74, 6) is 1.64. The zero-order chi connectivity index (χ0) is 14.3. The van der Waals surface area contributed by atoms with Gasteiger partial charge < -0.3 is 10.1 Å². The Balaban J connectivity index is 1.73. The SMILES string of the molecule is c1ccc(Oc2ccccc2NCc2cccnc2)cc1. The van der Waals surface area contributed by atoms with Crippen LogP contribution in [0.1, 0.15) is 5.56 Å². The van der Waals surface area contributed by atoms with Crippen LogP contribution in [0.4, 0.5) is 5.69 Å². The summed E-state index contributed by atoms with van der Waals surface area (Å²) in [5.41, 5.74) is 2.09. The average molecular weight is 276 g/mol. The fourth-order valence-corrected chi connectivity index (χ4v) is 2.02. The number of benzene rings is 2. The summed E-state index contributed by atoms with van der Waals surface area (Å²) in [6.45, 7) is 0.711. The van der Waals surface area contributed by atoms with Crippen LogP contribution in [0.15, 0.2) is 79.1 Å². The number of pyridine rings is 1. The Hall–Kier alpha value is -2.81. The maximum atomic E-state index is 5.92. The Bertz CT molecular complexity index is 684. The molecule has 21 heavy (non-hydrogen) atoms. The predicted molar refractivity (Wildman–Crippen MR) is 84.5 cm³/mol. The van der Waals surface area contributed by atoms with Crippen molar-refractivity contribution in [3.8, 4) is 11.5 Å². The molecule has 3 aromatic rings. The highest BCUT2D eigenvalue weighted by molar-refractivity contribution is 5.57. The van der Waals surface area contributed by atoms with Crippen molar-refractivity contribution in [2.45, 2.75) is 6.54 Å². The highest BCUT2D eigenvalue weighted by Crippen LogP contribution is 2.29. The number of anilines is 1. The maximum absolute atomic E-state index is 5.92. The van der Waals surface area contributed by atoms with Gasteiger partial charge in [0.25, 0.3) is 0 Å². The van der Waals surface area contributed by atoms with E-state index in [2.05, 4.69) is 10.3 Å².